The lowest BCUT2D eigenvalue weighted by atomic mass is 9.96. The Hall–Kier alpha value is -1.42. The molecule has 0 saturated heterocycles. The Morgan fingerprint density at radius 2 is 1.90 bits per heavy atom. The summed E-state index contributed by atoms with van der Waals surface area (Å²) in [6.07, 6.45) is 0.537. The first-order chi connectivity index (χ1) is 9.51. The van der Waals surface area contributed by atoms with Gasteiger partial charge in [-0.2, -0.15) is 0 Å². The maximum absolute atomic E-state index is 13.3. The molecule has 0 spiro atoms. The molecule has 4 heteroatoms. The van der Waals surface area contributed by atoms with Crippen molar-refractivity contribution in [2.24, 2.45) is 5.84 Å². The van der Waals surface area contributed by atoms with Crippen molar-refractivity contribution in [3.63, 3.8) is 0 Å². The van der Waals surface area contributed by atoms with E-state index in [4.69, 9.17) is 17.4 Å². The minimum absolute atomic E-state index is 0.103. The monoisotopic (exact) mass is 292 g/mol. The fraction of sp³-hybridized carbons (Fsp3) is 0.250. The van der Waals surface area contributed by atoms with Crippen molar-refractivity contribution in [1.82, 2.24) is 5.43 Å². The SMILES string of the molecule is Cc1ccc(C(Cc2cc(F)ccc2Cl)NN)cc1C. The third-order valence-electron chi connectivity index (χ3n) is 3.57. The van der Waals surface area contributed by atoms with Crippen LogP contribution in [0.5, 0.6) is 0 Å². The van der Waals surface area contributed by atoms with Crippen molar-refractivity contribution in [2.45, 2.75) is 26.3 Å². The lowest BCUT2D eigenvalue weighted by Gasteiger charge is -2.18. The summed E-state index contributed by atoms with van der Waals surface area (Å²) >= 11 is 6.11. The van der Waals surface area contributed by atoms with Crippen molar-refractivity contribution < 1.29 is 4.39 Å². The van der Waals surface area contributed by atoms with E-state index >= 15 is 0 Å². The average Bonchev–Trinajstić information content (AvgIpc) is 2.43. The molecule has 0 aliphatic rings. The summed E-state index contributed by atoms with van der Waals surface area (Å²) in [6.45, 7) is 4.12. The van der Waals surface area contributed by atoms with Gasteiger partial charge < -0.3 is 0 Å². The summed E-state index contributed by atoms with van der Waals surface area (Å²) in [5, 5.41) is 0.551. The Kier molecular flexibility index (Phi) is 4.76. The van der Waals surface area contributed by atoms with Gasteiger partial charge in [0.15, 0.2) is 0 Å². The van der Waals surface area contributed by atoms with E-state index in [1.54, 1.807) is 6.07 Å². The number of aryl methyl sites for hydroxylation is 2. The van der Waals surface area contributed by atoms with E-state index in [-0.39, 0.29) is 11.9 Å². The summed E-state index contributed by atoms with van der Waals surface area (Å²) in [6, 6.07) is 10.4. The molecule has 1 atom stereocenters. The molecule has 0 radical (unpaired) electrons. The molecule has 0 heterocycles. The van der Waals surface area contributed by atoms with Gasteiger partial charge in [-0.05, 0) is 60.7 Å². The first-order valence-electron chi connectivity index (χ1n) is 6.48. The number of hydrogen-bond acceptors (Lipinski definition) is 2. The summed E-state index contributed by atoms with van der Waals surface area (Å²) in [7, 11) is 0. The first-order valence-corrected chi connectivity index (χ1v) is 6.86. The lowest BCUT2D eigenvalue weighted by molar-refractivity contribution is 0.548. The molecule has 0 aliphatic carbocycles. The number of rotatable bonds is 4. The van der Waals surface area contributed by atoms with Crippen LogP contribution < -0.4 is 11.3 Å². The van der Waals surface area contributed by atoms with E-state index in [0.29, 0.717) is 11.4 Å². The van der Waals surface area contributed by atoms with Crippen molar-refractivity contribution in [2.75, 3.05) is 0 Å². The van der Waals surface area contributed by atoms with Crippen LogP contribution in [0.15, 0.2) is 36.4 Å². The molecule has 0 amide bonds. The number of benzene rings is 2. The minimum Gasteiger partial charge on any atom is -0.271 e. The number of hydrazine groups is 1. The summed E-state index contributed by atoms with van der Waals surface area (Å²) < 4.78 is 13.3. The second-order valence-corrected chi connectivity index (χ2v) is 5.41. The van der Waals surface area contributed by atoms with Crippen LogP contribution in [0.25, 0.3) is 0 Å². The van der Waals surface area contributed by atoms with Crippen molar-refractivity contribution in [3.8, 4) is 0 Å². The van der Waals surface area contributed by atoms with Crippen molar-refractivity contribution in [1.29, 1.82) is 0 Å². The molecule has 2 aromatic rings. The van der Waals surface area contributed by atoms with Crippen LogP contribution in [0.1, 0.15) is 28.3 Å². The fourth-order valence-corrected chi connectivity index (χ4v) is 2.37. The van der Waals surface area contributed by atoms with Gasteiger partial charge in [0.05, 0.1) is 6.04 Å². The van der Waals surface area contributed by atoms with Gasteiger partial charge >= 0.3 is 0 Å². The van der Waals surface area contributed by atoms with Gasteiger partial charge in [0.1, 0.15) is 5.82 Å². The standard InChI is InChI=1S/C16H18ClFN2/c1-10-3-4-12(7-11(10)2)16(20-19)9-13-8-14(18)5-6-15(13)17/h3-8,16,20H,9,19H2,1-2H3. The molecule has 0 aromatic heterocycles. The Bertz CT molecular complexity index is 613. The predicted molar refractivity (Wildman–Crippen MR) is 81.1 cm³/mol. The van der Waals surface area contributed by atoms with Crippen LogP contribution in [-0.2, 0) is 6.42 Å². The first kappa shape index (κ1) is 15.0. The van der Waals surface area contributed by atoms with E-state index in [1.165, 1.54) is 23.3 Å². The third kappa shape index (κ3) is 3.37. The van der Waals surface area contributed by atoms with Gasteiger partial charge in [0, 0.05) is 5.02 Å². The van der Waals surface area contributed by atoms with Crippen molar-refractivity contribution in [3.05, 3.63) is 69.5 Å². The molecule has 0 aliphatic heterocycles. The highest BCUT2D eigenvalue weighted by atomic mass is 35.5. The summed E-state index contributed by atoms with van der Waals surface area (Å²) in [5.74, 6) is 5.35. The highest BCUT2D eigenvalue weighted by Crippen LogP contribution is 2.25. The molecule has 2 nitrogen and oxygen atoms in total. The molecule has 3 N–H and O–H groups in total. The predicted octanol–water partition coefficient (Wildman–Crippen LogP) is 3.84. The zero-order valence-corrected chi connectivity index (χ0v) is 12.3. The molecule has 20 heavy (non-hydrogen) atoms. The fourth-order valence-electron chi connectivity index (χ4n) is 2.17. The van der Waals surface area contributed by atoms with Gasteiger partial charge in [0.2, 0.25) is 0 Å². The van der Waals surface area contributed by atoms with E-state index in [2.05, 4.69) is 31.4 Å². The van der Waals surface area contributed by atoms with Crippen LogP contribution in [0.3, 0.4) is 0 Å². The second-order valence-electron chi connectivity index (χ2n) is 5.00. The molecular weight excluding hydrogens is 275 g/mol. The topological polar surface area (TPSA) is 38.0 Å². The smallest absolute Gasteiger partial charge is 0.123 e. The highest BCUT2D eigenvalue weighted by Gasteiger charge is 2.14. The average molecular weight is 293 g/mol. The highest BCUT2D eigenvalue weighted by molar-refractivity contribution is 6.31. The zero-order chi connectivity index (χ0) is 14.7. The summed E-state index contributed by atoms with van der Waals surface area (Å²) in [5.41, 5.74) is 7.02. The van der Waals surface area contributed by atoms with E-state index in [0.717, 1.165) is 11.1 Å². The maximum atomic E-state index is 13.3. The molecule has 2 rings (SSSR count). The Labute approximate surface area is 123 Å². The van der Waals surface area contributed by atoms with Crippen LogP contribution in [0, 0.1) is 19.7 Å². The second kappa shape index (κ2) is 6.35. The van der Waals surface area contributed by atoms with Gasteiger partial charge in [0.25, 0.3) is 0 Å². The molecule has 0 bridgehead atoms. The van der Waals surface area contributed by atoms with Crippen molar-refractivity contribution >= 4 is 11.6 Å². The molecular formula is C16H18ClFN2. The Morgan fingerprint density at radius 3 is 2.55 bits per heavy atom. The minimum atomic E-state index is -0.291. The van der Waals surface area contributed by atoms with Crippen LogP contribution in [0.2, 0.25) is 5.02 Å². The third-order valence-corrected chi connectivity index (χ3v) is 3.94. The zero-order valence-electron chi connectivity index (χ0n) is 11.6. The molecule has 0 saturated carbocycles. The van der Waals surface area contributed by atoms with Crippen LogP contribution >= 0.6 is 11.6 Å². The molecule has 1 unspecified atom stereocenters. The van der Waals surface area contributed by atoms with Gasteiger partial charge in [-0.15, -0.1) is 0 Å². The summed E-state index contributed by atoms with van der Waals surface area (Å²) in [4.78, 5) is 0. The van der Waals surface area contributed by atoms with Gasteiger partial charge in [-0.3, -0.25) is 11.3 Å². The molecule has 0 fully saturated rings. The van der Waals surface area contributed by atoms with E-state index in [9.17, 15) is 4.39 Å². The largest absolute Gasteiger partial charge is 0.271 e. The van der Waals surface area contributed by atoms with Crippen LogP contribution in [0.4, 0.5) is 4.39 Å². The number of hydrogen-bond donors (Lipinski definition) is 2. The number of nitrogens with one attached hydrogen (secondary N) is 1. The van der Waals surface area contributed by atoms with Gasteiger partial charge in [-0.1, -0.05) is 29.8 Å². The normalized spacial score (nSPS) is 12.4. The molecule has 2 aromatic carbocycles. The Morgan fingerprint density at radius 1 is 1.15 bits per heavy atom. The van der Waals surface area contributed by atoms with E-state index < -0.39 is 0 Å². The lowest BCUT2D eigenvalue weighted by Crippen LogP contribution is -2.29. The van der Waals surface area contributed by atoms with Gasteiger partial charge in [-0.25, -0.2) is 4.39 Å². The van der Waals surface area contributed by atoms with Crippen LogP contribution in [-0.4, -0.2) is 0 Å². The maximum Gasteiger partial charge on any atom is 0.123 e. The number of halogens is 2. The Balaban J connectivity index is 2.28. The quantitative estimate of drug-likeness (QED) is 0.664. The number of nitrogens with two attached hydrogens (primary N) is 1. The molecule has 106 valence electrons. The van der Waals surface area contributed by atoms with E-state index in [1.807, 2.05) is 6.07 Å².